The smallest absolute Gasteiger partial charge is 0.223 e. The molecule has 1 rings (SSSR count). The highest BCUT2D eigenvalue weighted by molar-refractivity contribution is 5.85. The Kier molecular flexibility index (Phi) is 12.1. The lowest BCUT2D eigenvalue weighted by molar-refractivity contribution is -0.138. The molecule has 0 radical (unpaired) electrons. The van der Waals surface area contributed by atoms with E-state index in [1.54, 1.807) is 0 Å². The minimum absolute atomic E-state index is 0. The number of amides is 2. The maximum atomic E-state index is 12.3. The van der Waals surface area contributed by atoms with Gasteiger partial charge in [-0.3, -0.25) is 9.59 Å². The second kappa shape index (κ2) is 12.6. The van der Waals surface area contributed by atoms with E-state index in [9.17, 15) is 9.59 Å². The van der Waals surface area contributed by atoms with E-state index >= 15 is 0 Å². The number of likely N-dealkylation sites (tertiary alicyclic amines) is 1. The molecule has 0 aromatic rings. The third-order valence-electron chi connectivity index (χ3n) is 4.26. The zero-order valence-corrected chi connectivity index (χ0v) is 15.8. The van der Waals surface area contributed by atoms with Gasteiger partial charge in [0.1, 0.15) is 0 Å². The number of hydrogen-bond acceptors (Lipinski definition) is 3. The van der Waals surface area contributed by atoms with Gasteiger partial charge >= 0.3 is 0 Å². The van der Waals surface area contributed by atoms with Crippen molar-refractivity contribution in [1.82, 2.24) is 15.1 Å². The maximum Gasteiger partial charge on any atom is 0.223 e. The van der Waals surface area contributed by atoms with Crippen LogP contribution < -0.4 is 5.32 Å². The van der Waals surface area contributed by atoms with Crippen LogP contribution in [0.3, 0.4) is 0 Å². The maximum absolute atomic E-state index is 12.3. The van der Waals surface area contributed by atoms with Crippen molar-refractivity contribution in [1.29, 1.82) is 0 Å². The van der Waals surface area contributed by atoms with Crippen LogP contribution in [0.5, 0.6) is 0 Å². The normalized spacial score (nSPS) is 17.5. The van der Waals surface area contributed by atoms with Gasteiger partial charge in [0.05, 0.1) is 0 Å². The summed E-state index contributed by atoms with van der Waals surface area (Å²) in [6, 6.07) is 0. The quantitative estimate of drug-likeness (QED) is 0.696. The van der Waals surface area contributed by atoms with Gasteiger partial charge < -0.3 is 15.1 Å². The standard InChI is InChI=1S/C17H33N3O2.ClH/c1-4-10-19(11-5-2)16(21)8-9-17(22)20-12-6-7-15(14-20)13-18-3;/h15,18H,4-14H2,1-3H3;1H. The van der Waals surface area contributed by atoms with Crippen molar-refractivity contribution < 1.29 is 9.59 Å². The summed E-state index contributed by atoms with van der Waals surface area (Å²) in [5, 5.41) is 3.19. The number of carbonyl (C=O) groups is 2. The van der Waals surface area contributed by atoms with Gasteiger partial charge in [-0.15, -0.1) is 12.4 Å². The molecule has 136 valence electrons. The van der Waals surface area contributed by atoms with Gasteiger partial charge in [0.15, 0.2) is 0 Å². The third kappa shape index (κ3) is 8.02. The molecule has 0 aromatic carbocycles. The molecule has 1 aliphatic rings. The molecule has 0 aromatic heterocycles. The fraction of sp³-hybridized carbons (Fsp3) is 0.882. The lowest BCUT2D eigenvalue weighted by Crippen LogP contribution is -2.43. The molecule has 1 unspecified atom stereocenters. The van der Waals surface area contributed by atoms with Crippen LogP contribution in [0.25, 0.3) is 0 Å². The van der Waals surface area contributed by atoms with Crippen molar-refractivity contribution in [2.75, 3.05) is 39.8 Å². The van der Waals surface area contributed by atoms with Crippen molar-refractivity contribution in [3.8, 4) is 0 Å². The molecular formula is C17H34ClN3O2. The summed E-state index contributed by atoms with van der Waals surface area (Å²) in [6.45, 7) is 8.41. The van der Waals surface area contributed by atoms with E-state index in [-0.39, 0.29) is 24.2 Å². The van der Waals surface area contributed by atoms with Crippen molar-refractivity contribution in [2.24, 2.45) is 5.92 Å². The first-order chi connectivity index (χ1) is 10.6. The lowest BCUT2D eigenvalue weighted by atomic mass is 9.97. The highest BCUT2D eigenvalue weighted by atomic mass is 35.5. The molecule has 1 aliphatic heterocycles. The predicted molar refractivity (Wildman–Crippen MR) is 96.9 cm³/mol. The Hall–Kier alpha value is -0.810. The van der Waals surface area contributed by atoms with E-state index in [0.29, 0.717) is 18.8 Å². The Labute approximate surface area is 147 Å². The molecule has 1 fully saturated rings. The summed E-state index contributed by atoms with van der Waals surface area (Å²) >= 11 is 0. The van der Waals surface area contributed by atoms with Crippen LogP contribution in [0.2, 0.25) is 0 Å². The van der Waals surface area contributed by atoms with Crippen molar-refractivity contribution in [3.05, 3.63) is 0 Å². The largest absolute Gasteiger partial charge is 0.343 e. The summed E-state index contributed by atoms with van der Waals surface area (Å²) in [7, 11) is 1.95. The van der Waals surface area contributed by atoms with E-state index in [1.807, 2.05) is 16.8 Å². The van der Waals surface area contributed by atoms with Crippen LogP contribution in [0.1, 0.15) is 52.4 Å². The molecule has 23 heavy (non-hydrogen) atoms. The van der Waals surface area contributed by atoms with Gasteiger partial charge in [0, 0.05) is 39.0 Å². The molecule has 1 N–H and O–H groups in total. The minimum atomic E-state index is 0. The fourth-order valence-corrected chi connectivity index (χ4v) is 3.18. The first-order valence-corrected chi connectivity index (χ1v) is 8.82. The molecule has 0 spiro atoms. The molecule has 0 bridgehead atoms. The van der Waals surface area contributed by atoms with Crippen LogP contribution in [-0.4, -0.2) is 61.4 Å². The van der Waals surface area contributed by atoms with Gasteiger partial charge in [-0.05, 0) is 45.2 Å². The minimum Gasteiger partial charge on any atom is -0.343 e. The zero-order valence-electron chi connectivity index (χ0n) is 15.0. The average Bonchev–Trinajstić information content (AvgIpc) is 2.52. The summed E-state index contributed by atoms with van der Waals surface area (Å²) < 4.78 is 0. The van der Waals surface area contributed by atoms with Crippen molar-refractivity contribution in [3.63, 3.8) is 0 Å². The van der Waals surface area contributed by atoms with Crippen LogP contribution >= 0.6 is 12.4 Å². The first kappa shape index (κ1) is 22.2. The second-order valence-corrected chi connectivity index (χ2v) is 6.29. The molecule has 0 saturated carbocycles. The van der Waals surface area contributed by atoms with Crippen molar-refractivity contribution >= 4 is 24.2 Å². The lowest BCUT2D eigenvalue weighted by Gasteiger charge is -2.33. The highest BCUT2D eigenvalue weighted by Crippen LogP contribution is 2.17. The van der Waals surface area contributed by atoms with Gasteiger partial charge in [0.25, 0.3) is 0 Å². The number of nitrogens with zero attached hydrogens (tertiary/aromatic N) is 2. The van der Waals surface area contributed by atoms with Crippen LogP contribution in [0.15, 0.2) is 0 Å². The topological polar surface area (TPSA) is 52.7 Å². The molecular weight excluding hydrogens is 314 g/mol. The van der Waals surface area contributed by atoms with E-state index < -0.39 is 0 Å². The number of halogens is 1. The Balaban J connectivity index is 0.00000484. The fourth-order valence-electron chi connectivity index (χ4n) is 3.18. The van der Waals surface area contributed by atoms with Crippen LogP contribution in [-0.2, 0) is 9.59 Å². The number of hydrogen-bond donors (Lipinski definition) is 1. The zero-order chi connectivity index (χ0) is 16.4. The highest BCUT2D eigenvalue weighted by Gasteiger charge is 2.24. The molecule has 0 aliphatic carbocycles. The van der Waals surface area contributed by atoms with Gasteiger partial charge in [-0.2, -0.15) is 0 Å². The monoisotopic (exact) mass is 347 g/mol. The second-order valence-electron chi connectivity index (χ2n) is 6.29. The third-order valence-corrected chi connectivity index (χ3v) is 4.26. The molecule has 5 nitrogen and oxygen atoms in total. The molecule has 2 amide bonds. The number of piperidine rings is 1. The van der Waals surface area contributed by atoms with Gasteiger partial charge in [-0.1, -0.05) is 13.8 Å². The van der Waals surface area contributed by atoms with E-state index in [2.05, 4.69) is 19.2 Å². The van der Waals surface area contributed by atoms with E-state index in [4.69, 9.17) is 0 Å². The summed E-state index contributed by atoms with van der Waals surface area (Å²) in [4.78, 5) is 28.4. The Morgan fingerprint density at radius 1 is 1.17 bits per heavy atom. The van der Waals surface area contributed by atoms with Crippen LogP contribution in [0, 0.1) is 5.92 Å². The number of nitrogens with one attached hydrogen (secondary N) is 1. The van der Waals surface area contributed by atoms with Crippen LogP contribution in [0.4, 0.5) is 0 Å². The predicted octanol–water partition coefficient (Wildman–Crippen LogP) is 2.30. The Morgan fingerprint density at radius 3 is 2.39 bits per heavy atom. The van der Waals surface area contributed by atoms with Gasteiger partial charge in [-0.25, -0.2) is 0 Å². The molecule has 1 saturated heterocycles. The molecule has 1 heterocycles. The van der Waals surface area contributed by atoms with E-state index in [1.165, 1.54) is 6.42 Å². The van der Waals surface area contributed by atoms with E-state index in [0.717, 1.165) is 52.0 Å². The molecule has 1 atom stereocenters. The Bertz CT molecular complexity index is 345. The summed E-state index contributed by atoms with van der Waals surface area (Å²) in [5.41, 5.74) is 0. The van der Waals surface area contributed by atoms with Crippen molar-refractivity contribution in [2.45, 2.75) is 52.4 Å². The number of carbonyl (C=O) groups excluding carboxylic acids is 2. The first-order valence-electron chi connectivity index (χ1n) is 8.82. The number of rotatable bonds is 9. The summed E-state index contributed by atoms with van der Waals surface area (Å²) in [5.74, 6) is 0.818. The summed E-state index contributed by atoms with van der Waals surface area (Å²) in [6.07, 6.45) is 4.91. The average molecular weight is 348 g/mol. The SMILES string of the molecule is CCCN(CCC)C(=O)CCC(=O)N1CCCC(CNC)C1.Cl. The molecule has 6 heteroatoms. The Morgan fingerprint density at radius 2 is 1.83 bits per heavy atom. The van der Waals surface area contributed by atoms with Gasteiger partial charge in [0.2, 0.25) is 11.8 Å².